The van der Waals surface area contributed by atoms with Crippen molar-refractivity contribution in [3.05, 3.63) is 58.3 Å². The van der Waals surface area contributed by atoms with E-state index in [4.69, 9.17) is 4.42 Å². The molecular formula is C21H24FN3O3. The van der Waals surface area contributed by atoms with Gasteiger partial charge in [0.1, 0.15) is 11.6 Å². The maximum atomic E-state index is 13.0. The minimum atomic E-state index is -0.421. The van der Waals surface area contributed by atoms with Crippen molar-refractivity contribution < 1.29 is 18.4 Å². The lowest BCUT2D eigenvalue weighted by Gasteiger charge is -2.13. The molecule has 0 bridgehead atoms. The Kier molecular flexibility index (Phi) is 5.92. The van der Waals surface area contributed by atoms with Gasteiger partial charge < -0.3 is 9.73 Å². The van der Waals surface area contributed by atoms with E-state index in [1.54, 1.807) is 0 Å². The lowest BCUT2D eigenvalue weighted by Crippen LogP contribution is -2.32. The molecule has 6 nitrogen and oxygen atoms in total. The second kappa shape index (κ2) is 8.37. The number of nitrogens with one attached hydrogen (secondary N) is 2. The van der Waals surface area contributed by atoms with E-state index in [1.165, 1.54) is 24.3 Å². The summed E-state index contributed by atoms with van der Waals surface area (Å²) in [5, 5.41) is 7.18. The predicted molar refractivity (Wildman–Crippen MR) is 104 cm³/mol. The van der Waals surface area contributed by atoms with E-state index in [1.807, 2.05) is 20.8 Å². The lowest BCUT2D eigenvalue weighted by atomic mass is 9.93. The largest absolute Gasteiger partial charge is 0.455 e. The van der Waals surface area contributed by atoms with Crippen LogP contribution in [0.25, 0.3) is 0 Å². The van der Waals surface area contributed by atoms with E-state index < -0.39 is 11.7 Å². The quantitative estimate of drug-likeness (QED) is 0.770. The van der Waals surface area contributed by atoms with Crippen LogP contribution < -0.4 is 10.7 Å². The van der Waals surface area contributed by atoms with Crippen molar-refractivity contribution in [1.82, 2.24) is 10.7 Å². The van der Waals surface area contributed by atoms with Gasteiger partial charge in [-0.3, -0.25) is 9.59 Å². The molecule has 148 valence electrons. The van der Waals surface area contributed by atoms with Crippen LogP contribution in [-0.4, -0.2) is 23.6 Å². The van der Waals surface area contributed by atoms with Gasteiger partial charge >= 0.3 is 0 Å². The minimum absolute atomic E-state index is 0.0529. The average Bonchev–Trinajstić information content (AvgIpc) is 3.04. The molecule has 28 heavy (non-hydrogen) atoms. The number of furan rings is 1. The van der Waals surface area contributed by atoms with Gasteiger partial charge in [0.25, 0.3) is 11.8 Å². The first kappa shape index (κ1) is 19.8. The number of halogens is 1. The highest BCUT2D eigenvalue weighted by Gasteiger charge is 2.28. The van der Waals surface area contributed by atoms with Crippen LogP contribution in [-0.2, 0) is 6.42 Å². The van der Waals surface area contributed by atoms with Crippen LogP contribution in [0.3, 0.4) is 0 Å². The van der Waals surface area contributed by atoms with Crippen LogP contribution in [0, 0.1) is 12.7 Å². The summed E-state index contributed by atoms with van der Waals surface area (Å²) in [7, 11) is 0. The zero-order valence-corrected chi connectivity index (χ0v) is 16.3. The fourth-order valence-electron chi connectivity index (χ4n) is 3.17. The summed E-state index contributed by atoms with van der Waals surface area (Å²) in [6.07, 6.45) is 3.03. The maximum Gasteiger partial charge on any atom is 0.287 e. The van der Waals surface area contributed by atoms with Gasteiger partial charge in [0.05, 0.1) is 5.71 Å². The van der Waals surface area contributed by atoms with E-state index in [9.17, 15) is 14.0 Å². The number of aryl methyl sites for hydroxylation is 1. The summed E-state index contributed by atoms with van der Waals surface area (Å²) in [6, 6.07) is 5.30. The van der Waals surface area contributed by atoms with Gasteiger partial charge in [0.15, 0.2) is 5.76 Å². The number of fused-ring (bicyclic) bond motifs is 1. The molecule has 0 radical (unpaired) electrons. The molecule has 1 atom stereocenters. The third kappa shape index (κ3) is 4.13. The fourth-order valence-corrected chi connectivity index (χ4v) is 3.17. The SMILES string of the molecule is CCC(C)NC(=O)c1oc2c(c1C)/C(=N/NC(=O)c1ccc(F)cc1)CCC2. The van der Waals surface area contributed by atoms with Crippen molar-refractivity contribution in [2.45, 2.75) is 52.5 Å². The molecule has 1 aliphatic rings. The molecule has 2 amide bonds. The van der Waals surface area contributed by atoms with E-state index in [2.05, 4.69) is 15.8 Å². The number of amides is 2. The van der Waals surface area contributed by atoms with Gasteiger partial charge in [0, 0.05) is 29.2 Å². The Morgan fingerprint density at radius 3 is 2.61 bits per heavy atom. The Bertz CT molecular complexity index is 916. The Hall–Kier alpha value is -2.96. The summed E-state index contributed by atoms with van der Waals surface area (Å²) < 4.78 is 18.8. The summed E-state index contributed by atoms with van der Waals surface area (Å²) in [4.78, 5) is 24.7. The average molecular weight is 385 g/mol. The molecule has 1 unspecified atom stereocenters. The molecule has 0 fully saturated rings. The summed E-state index contributed by atoms with van der Waals surface area (Å²) in [6.45, 7) is 5.77. The van der Waals surface area contributed by atoms with E-state index >= 15 is 0 Å². The Labute approximate surface area is 163 Å². The van der Waals surface area contributed by atoms with Crippen molar-refractivity contribution in [2.75, 3.05) is 0 Å². The number of carbonyl (C=O) groups excluding carboxylic acids is 2. The zero-order valence-electron chi connectivity index (χ0n) is 16.3. The monoisotopic (exact) mass is 385 g/mol. The predicted octanol–water partition coefficient (Wildman–Crippen LogP) is 3.73. The molecule has 0 spiro atoms. The second-order valence-electron chi connectivity index (χ2n) is 7.00. The standard InChI is InChI=1S/C21H24FN3O3/c1-4-12(2)23-21(27)19-13(3)18-16(6-5-7-17(18)28-19)24-25-20(26)14-8-10-15(22)11-9-14/h8-12H,4-7H2,1-3H3,(H,23,27)(H,25,26)/b24-16+. The second-order valence-corrected chi connectivity index (χ2v) is 7.00. The van der Waals surface area contributed by atoms with Gasteiger partial charge in [-0.25, -0.2) is 9.82 Å². The zero-order chi connectivity index (χ0) is 20.3. The normalized spacial score (nSPS) is 15.8. The molecule has 1 aromatic heterocycles. The van der Waals surface area contributed by atoms with Gasteiger partial charge in [-0.1, -0.05) is 6.92 Å². The smallest absolute Gasteiger partial charge is 0.287 e. The molecular weight excluding hydrogens is 361 g/mol. The minimum Gasteiger partial charge on any atom is -0.455 e. The summed E-state index contributed by atoms with van der Waals surface area (Å²) >= 11 is 0. The number of benzene rings is 1. The first-order chi connectivity index (χ1) is 13.4. The molecule has 3 rings (SSSR count). The van der Waals surface area contributed by atoms with E-state index in [0.29, 0.717) is 29.2 Å². The molecule has 0 saturated carbocycles. The third-order valence-corrected chi connectivity index (χ3v) is 4.92. The number of hydrazone groups is 1. The van der Waals surface area contributed by atoms with Crippen LogP contribution in [0.15, 0.2) is 33.8 Å². The summed E-state index contributed by atoms with van der Waals surface area (Å²) in [5.74, 6) is -0.0546. The maximum absolute atomic E-state index is 13.0. The van der Waals surface area contributed by atoms with E-state index in [-0.39, 0.29) is 11.9 Å². The van der Waals surface area contributed by atoms with Gasteiger partial charge in [0.2, 0.25) is 0 Å². The number of nitrogens with zero attached hydrogens (tertiary/aromatic N) is 1. The van der Waals surface area contributed by atoms with Crippen molar-refractivity contribution in [3.63, 3.8) is 0 Å². The van der Waals surface area contributed by atoms with Crippen molar-refractivity contribution in [2.24, 2.45) is 5.10 Å². The fraction of sp³-hybridized carbons (Fsp3) is 0.381. The van der Waals surface area contributed by atoms with Crippen LogP contribution >= 0.6 is 0 Å². The number of carbonyl (C=O) groups is 2. The van der Waals surface area contributed by atoms with Gasteiger partial charge in [-0.15, -0.1) is 0 Å². The Morgan fingerprint density at radius 2 is 1.93 bits per heavy atom. The third-order valence-electron chi connectivity index (χ3n) is 4.92. The van der Waals surface area contributed by atoms with Crippen molar-refractivity contribution in [1.29, 1.82) is 0 Å². The molecule has 2 aromatic rings. The number of rotatable bonds is 5. The molecule has 0 aliphatic heterocycles. The Morgan fingerprint density at radius 1 is 1.21 bits per heavy atom. The van der Waals surface area contributed by atoms with Gasteiger partial charge in [-0.05, 0) is 57.4 Å². The molecule has 1 aliphatic carbocycles. The first-order valence-electron chi connectivity index (χ1n) is 9.46. The highest BCUT2D eigenvalue weighted by Crippen LogP contribution is 2.30. The van der Waals surface area contributed by atoms with Crippen LogP contribution in [0.1, 0.15) is 70.9 Å². The summed E-state index contributed by atoms with van der Waals surface area (Å²) in [5.41, 5.74) is 5.04. The lowest BCUT2D eigenvalue weighted by molar-refractivity contribution is 0.0907. The van der Waals surface area contributed by atoms with E-state index in [0.717, 1.165) is 30.4 Å². The van der Waals surface area contributed by atoms with Gasteiger partial charge in [-0.2, -0.15) is 5.10 Å². The molecule has 2 N–H and O–H groups in total. The van der Waals surface area contributed by atoms with Crippen molar-refractivity contribution in [3.8, 4) is 0 Å². The highest BCUT2D eigenvalue weighted by molar-refractivity contribution is 6.07. The van der Waals surface area contributed by atoms with Crippen molar-refractivity contribution >= 4 is 17.5 Å². The van der Waals surface area contributed by atoms with Crippen LogP contribution in [0.5, 0.6) is 0 Å². The topological polar surface area (TPSA) is 83.7 Å². The number of hydrogen-bond donors (Lipinski definition) is 2. The van der Waals surface area contributed by atoms with Crippen LogP contribution in [0.2, 0.25) is 0 Å². The molecule has 1 heterocycles. The first-order valence-corrected chi connectivity index (χ1v) is 9.46. The molecule has 7 heteroatoms. The molecule has 1 aromatic carbocycles. The Balaban J connectivity index is 1.82. The highest BCUT2D eigenvalue weighted by atomic mass is 19.1. The number of hydrogen-bond acceptors (Lipinski definition) is 4. The molecule has 0 saturated heterocycles. The van der Waals surface area contributed by atoms with Crippen LogP contribution in [0.4, 0.5) is 4.39 Å².